The van der Waals surface area contributed by atoms with Gasteiger partial charge in [-0.3, -0.25) is 4.90 Å². The van der Waals surface area contributed by atoms with Crippen LogP contribution in [0.2, 0.25) is 0 Å². The Labute approximate surface area is 122 Å². The van der Waals surface area contributed by atoms with Gasteiger partial charge in [-0.05, 0) is 25.7 Å². The molecule has 2 atom stereocenters. The maximum atomic E-state index is 12.6. The molecule has 2 heterocycles. The summed E-state index contributed by atoms with van der Waals surface area (Å²) in [5.74, 6) is 0.443. The fraction of sp³-hybridized carbons (Fsp3) is 0.923. The summed E-state index contributed by atoms with van der Waals surface area (Å²) in [6.45, 7) is 7.48. The van der Waals surface area contributed by atoms with E-state index < -0.39 is 10.2 Å². The molecule has 0 spiro atoms. The molecule has 0 aromatic rings. The third-order valence-corrected chi connectivity index (χ3v) is 6.28. The molecular formula is C13H24N4O2S. The summed E-state index contributed by atoms with van der Waals surface area (Å²) in [6.07, 6.45) is 2.06. The molecule has 0 aliphatic carbocycles. The van der Waals surface area contributed by atoms with Gasteiger partial charge in [0.15, 0.2) is 0 Å². The van der Waals surface area contributed by atoms with Crippen molar-refractivity contribution < 1.29 is 8.42 Å². The van der Waals surface area contributed by atoms with E-state index in [0.29, 0.717) is 45.2 Å². The Kier molecular flexibility index (Phi) is 5.02. The molecule has 0 saturated carbocycles. The number of rotatable bonds is 3. The summed E-state index contributed by atoms with van der Waals surface area (Å²) in [4.78, 5) is 2.03. The molecular weight excluding hydrogens is 276 g/mol. The van der Waals surface area contributed by atoms with Gasteiger partial charge in [-0.1, -0.05) is 6.92 Å². The van der Waals surface area contributed by atoms with Crippen LogP contribution in [0.4, 0.5) is 0 Å². The molecule has 2 saturated heterocycles. The summed E-state index contributed by atoms with van der Waals surface area (Å²) in [7, 11) is -3.32. The zero-order chi connectivity index (χ0) is 14.8. The fourth-order valence-electron chi connectivity index (χ4n) is 2.92. The van der Waals surface area contributed by atoms with Crippen LogP contribution in [0.1, 0.15) is 26.7 Å². The minimum absolute atomic E-state index is 0.144. The summed E-state index contributed by atoms with van der Waals surface area (Å²) in [5, 5.41) is 8.91. The van der Waals surface area contributed by atoms with Crippen molar-refractivity contribution in [2.75, 3.05) is 39.3 Å². The van der Waals surface area contributed by atoms with Gasteiger partial charge in [0.05, 0.1) is 12.1 Å². The van der Waals surface area contributed by atoms with Crippen LogP contribution in [0, 0.1) is 17.2 Å². The van der Waals surface area contributed by atoms with E-state index in [1.54, 1.807) is 8.61 Å². The average Bonchev–Trinajstić information content (AvgIpc) is 2.46. The van der Waals surface area contributed by atoms with Crippen molar-refractivity contribution in [3.63, 3.8) is 0 Å². The summed E-state index contributed by atoms with van der Waals surface area (Å²) >= 11 is 0. The number of hydrogen-bond acceptors (Lipinski definition) is 4. The van der Waals surface area contributed by atoms with E-state index in [4.69, 9.17) is 5.26 Å². The molecule has 2 fully saturated rings. The Morgan fingerprint density at radius 1 is 1.15 bits per heavy atom. The van der Waals surface area contributed by atoms with Crippen molar-refractivity contribution in [3.8, 4) is 6.07 Å². The second-order valence-electron chi connectivity index (χ2n) is 5.85. The van der Waals surface area contributed by atoms with Crippen LogP contribution in [-0.2, 0) is 10.2 Å². The van der Waals surface area contributed by atoms with Crippen molar-refractivity contribution in [2.24, 2.45) is 5.92 Å². The van der Waals surface area contributed by atoms with Gasteiger partial charge in [-0.25, -0.2) is 0 Å². The molecule has 114 valence electrons. The molecule has 2 unspecified atom stereocenters. The van der Waals surface area contributed by atoms with Crippen LogP contribution in [0.3, 0.4) is 0 Å². The lowest BCUT2D eigenvalue weighted by Crippen LogP contribution is -2.55. The van der Waals surface area contributed by atoms with Crippen LogP contribution in [-0.4, -0.2) is 67.2 Å². The molecule has 0 amide bonds. The van der Waals surface area contributed by atoms with Crippen LogP contribution in [0.15, 0.2) is 0 Å². The van der Waals surface area contributed by atoms with Gasteiger partial charge in [0.25, 0.3) is 10.2 Å². The second-order valence-corrected chi connectivity index (χ2v) is 7.78. The van der Waals surface area contributed by atoms with Gasteiger partial charge in [0.1, 0.15) is 0 Å². The number of hydrogen-bond donors (Lipinski definition) is 0. The van der Waals surface area contributed by atoms with Crippen LogP contribution < -0.4 is 0 Å². The van der Waals surface area contributed by atoms with Crippen LogP contribution in [0.25, 0.3) is 0 Å². The fourth-order valence-corrected chi connectivity index (χ4v) is 4.68. The summed E-state index contributed by atoms with van der Waals surface area (Å²) in [6, 6.07) is 2.06. The predicted octanol–water partition coefficient (Wildman–Crippen LogP) is 0.493. The maximum absolute atomic E-state index is 12.6. The van der Waals surface area contributed by atoms with E-state index in [9.17, 15) is 8.42 Å². The average molecular weight is 300 g/mol. The third kappa shape index (κ3) is 3.31. The quantitative estimate of drug-likeness (QED) is 0.761. The molecule has 0 radical (unpaired) electrons. The van der Waals surface area contributed by atoms with Crippen molar-refractivity contribution in [1.82, 2.24) is 13.5 Å². The first-order valence-corrected chi connectivity index (χ1v) is 8.73. The summed E-state index contributed by atoms with van der Waals surface area (Å²) < 4.78 is 28.4. The van der Waals surface area contributed by atoms with Gasteiger partial charge >= 0.3 is 0 Å². The highest BCUT2D eigenvalue weighted by atomic mass is 32.2. The van der Waals surface area contributed by atoms with E-state index in [0.717, 1.165) is 12.8 Å². The second kappa shape index (κ2) is 6.39. The lowest BCUT2D eigenvalue weighted by atomic mass is 10.0. The van der Waals surface area contributed by atoms with Crippen molar-refractivity contribution in [1.29, 1.82) is 5.26 Å². The molecule has 0 aromatic heterocycles. The molecule has 0 aromatic carbocycles. The van der Waals surface area contributed by atoms with Crippen LogP contribution in [0.5, 0.6) is 0 Å². The first kappa shape index (κ1) is 15.7. The Bertz CT molecular complexity index is 465. The minimum Gasteiger partial charge on any atom is -0.286 e. The predicted molar refractivity (Wildman–Crippen MR) is 77.1 cm³/mol. The Morgan fingerprint density at radius 2 is 1.80 bits per heavy atom. The largest absolute Gasteiger partial charge is 0.286 e. The number of piperazine rings is 1. The first-order chi connectivity index (χ1) is 9.45. The first-order valence-electron chi connectivity index (χ1n) is 7.34. The minimum atomic E-state index is -3.32. The van der Waals surface area contributed by atoms with E-state index in [1.165, 1.54) is 0 Å². The van der Waals surface area contributed by atoms with E-state index >= 15 is 0 Å². The zero-order valence-corrected chi connectivity index (χ0v) is 13.1. The Morgan fingerprint density at radius 3 is 2.35 bits per heavy atom. The standard InChI is InChI=1S/C13H24N4O2S/c1-12-4-3-5-17(11-12)20(18,19)16-8-6-15(7-9-16)13(2)10-14/h12-13H,3-9,11H2,1-2H3. The van der Waals surface area contributed by atoms with Crippen molar-refractivity contribution in [2.45, 2.75) is 32.7 Å². The molecule has 2 aliphatic heterocycles. The number of piperidine rings is 1. The van der Waals surface area contributed by atoms with Crippen LogP contribution >= 0.6 is 0 Å². The molecule has 7 heteroatoms. The normalized spacial score (nSPS) is 28.9. The van der Waals surface area contributed by atoms with Gasteiger partial charge in [0, 0.05) is 39.3 Å². The van der Waals surface area contributed by atoms with Gasteiger partial charge in [0.2, 0.25) is 0 Å². The van der Waals surface area contributed by atoms with E-state index in [-0.39, 0.29) is 6.04 Å². The molecule has 2 aliphatic rings. The van der Waals surface area contributed by atoms with Gasteiger partial charge in [-0.15, -0.1) is 0 Å². The van der Waals surface area contributed by atoms with Crippen molar-refractivity contribution >= 4 is 10.2 Å². The smallest absolute Gasteiger partial charge is 0.282 e. The highest BCUT2D eigenvalue weighted by molar-refractivity contribution is 7.86. The molecule has 0 N–H and O–H groups in total. The monoisotopic (exact) mass is 300 g/mol. The lowest BCUT2D eigenvalue weighted by molar-refractivity contribution is 0.159. The SMILES string of the molecule is CC1CCCN(S(=O)(=O)N2CCN(C(C)C#N)CC2)C1. The van der Waals surface area contributed by atoms with Gasteiger partial charge < -0.3 is 0 Å². The van der Waals surface area contributed by atoms with E-state index in [1.807, 2.05) is 11.8 Å². The Balaban J connectivity index is 1.97. The number of nitrogens with zero attached hydrogens (tertiary/aromatic N) is 4. The molecule has 2 rings (SSSR count). The van der Waals surface area contributed by atoms with E-state index in [2.05, 4.69) is 13.0 Å². The summed E-state index contributed by atoms with van der Waals surface area (Å²) in [5.41, 5.74) is 0. The molecule has 20 heavy (non-hydrogen) atoms. The number of nitriles is 1. The highest BCUT2D eigenvalue weighted by Crippen LogP contribution is 2.21. The maximum Gasteiger partial charge on any atom is 0.282 e. The topological polar surface area (TPSA) is 67.7 Å². The third-order valence-electron chi connectivity index (χ3n) is 4.28. The zero-order valence-electron chi connectivity index (χ0n) is 12.3. The molecule has 0 bridgehead atoms. The van der Waals surface area contributed by atoms with Gasteiger partial charge in [-0.2, -0.15) is 22.3 Å². The van der Waals surface area contributed by atoms with Crippen molar-refractivity contribution in [3.05, 3.63) is 0 Å². The highest BCUT2D eigenvalue weighted by Gasteiger charge is 2.34. The lowest BCUT2D eigenvalue weighted by Gasteiger charge is -2.39. The Hall–Kier alpha value is -0.680. The molecule has 6 nitrogen and oxygen atoms in total.